The van der Waals surface area contributed by atoms with Crippen molar-refractivity contribution in [3.63, 3.8) is 0 Å². The molecular weight excluding hydrogens is 423 g/mol. The largest absolute Gasteiger partial charge is 0.407 e. The molecule has 0 fully saturated rings. The molecule has 0 spiro atoms. The SMILES string of the molecule is CS(=O)(=O)c1nn(-c2ccc(C(N)C(F)(F)F)cn2)cc1-c1ccnc2[nH]cnc12. The molecule has 4 aromatic rings. The highest BCUT2D eigenvalue weighted by Gasteiger charge is 2.38. The van der Waals surface area contributed by atoms with Gasteiger partial charge in [-0.25, -0.2) is 28.1 Å². The van der Waals surface area contributed by atoms with Crippen LogP contribution >= 0.6 is 0 Å². The Bertz CT molecular complexity index is 1330. The van der Waals surface area contributed by atoms with Crippen LogP contribution in [0.4, 0.5) is 13.2 Å². The minimum atomic E-state index is -4.61. The van der Waals surface area contributed by atoms with Crippen LogP contribution in [0.2, 0.25) is 0 Å². The van der Waals surface area contributed by atoms with Crippen molar-refractivity contribution >= 4 is 21.0 Å². The van der Waals surface area contributed by atoms with E-state index in [4.69, 9.17) is 5.73 Å². The number of imidazole rings is 1. The molecule has 0 aliphatic carbocycles. The zero-order chi connectivity index (χ0) is 21.7. The summed E-state index contributed by atoms with van der Waals surface area (Å²) in [6.07, 6.45) is 1.71. The van der Waals surface area contributed by atoms with Crippen molar-refractivity contribution in [2.24, 2.45) is 5.73 Å². The number of fused-ring (bicyclic) bond motifs is 1. The molecule has 0 radical (unpaired) electrons. The van der Waals surface area contributed by atoms with Crippen LogP contribution in [-0.2, 0) is 9.84 Å². The van der Waals surface area contributed by atoms with E-state index in [1.807, 2.05) is 0 Å². The van der Waals surface area contributed by atoms with E-state index in [0.29, 0.717) is 16.7 Å². The Morgan fingerprint density at radius 3 is 2.53 bits per heavy atom. The van der Waals surface area contributed by atoms with Crippen LogP contribution in [0.25, 0.3) is 28.1 Å². The second-order valence-corrected chi connectivity index (χ2v) is 8.42. The summed E-state index contributed by atoms with van der Waals surface area (Å²) < 4.78 is 64.2. The van der Waals surface area contributed by atoms with E-state index < -0.39 is 22.1 Å². The zero-order valence-corrected chi connectivity index (χ0v) is 16.1. The number of nitrogens with two attached hydrogens (primary N) is 1. The lowest BCUT2D eigenvalue weighted by molar-refractivity contribution is -0.149. The minimum absolute atomic E-state index is 0.122. The molecule has 9 nitrogen and oxygen atoms in total. The number of H-pyrrole nitrogens is 1. The Labute approximate surface area is 167 Å². The molecule has 3 N–H and O–H groups in total. The Kier molecular flexibility index (Phi) is 4.58. The summed E-state index contributed by atoms with van der Waals surface area (Å²) in [7, 11) is -3.75. The lowest BCUT2D eigenvalue weighted by Crippen LogP contribution is -2.28. The van der Waals surface area contributed by atoms with E-state index in [1.165, 1.54) is 35.5 Å². The Morgan fingerprint density at radius 1 is 1.13 bits per heavy atom. The Hall–Kier alpha value is -3.32. The molecule has 4 aromatic heterocycles. The molecule has 1 unspecified atom stereocenters. The standard InChI is InChI=1S/C17H14F3N7O2S/c1-30(28,29)16-11(10-4-5-22-15-13(10)24-8-25-15)7-27(26-16)12-3-2-9(6-23-12)14(21)17(18,19)20/h2-8,14H,21H2,1H3,(H,22,24,25). The first kappa shape index (κ1) is 20.0. The number of sulfone groups is 1. The van der Waals surface area contributed by atoms with Crippen molar-refractivity contribution in [2.75, 3.05) is 6.26 Å². The Balaban J connectivity index is 1.83. The highest BCUT2D eigenvalue weighted by atomic mass is 32.2. The number of nitrogens with one attached hydrogen (secondary N) is 1. The van der Waals surface area contributed by atoms with Gasteiger partial charge in [0.15, 0.2) is 26.3 Å². The van der Waals surface area contributed by atoms with Gasteiger partial charge in [-0.3, -0.25) is 0 Å². The van der Waals surface area contributed by atoms with Gasteiger partial charge in [0.25, 0.3) is 0 Å². The van der Waals surface area contributed by atoms with E-state index in [1.54, 1.807) is 6.07 Å². The van der Waals surface area contributed by atoms with Gasteiger partial charge in [0.05, 0.1) is 6.33 Å². The molecule has 0 aromatic carbocycles. The van der Waals surface area contributed by atoms with E-state index >= 15 is 0 Å². The average Bonchev–Trinajstić information content (AvgIpc) is 3.33. The number of aromatic amines is 1. The van der Waals surface area contributed by atoms with Gasteiger partial charge in [-0.15, -0.1) is 0 Å². The number of pyridine rings is 2. The highest BCUT2D eigenvalue weighted by Crippen LogP contribution is 2.32. The van der Waals surface area contributed by atoms with Crippen molar-refractivity contribution in [1.82, 2.24) is 29.7 Å². The van der Waals surface area contributed by atoms with Gasteiger partial charge in [-0.05, 0) is 17.7 Å². The van der Waals surface area contributed by atoms with Gasteiger partial charge >= 0.3 is 6.18 Å². The lowest BCUT2D eigenvalue weighted by atomic mass is 10.1. The zero-order valence-electron chi connectivity index (χ0n) is 15.3. The molecule has 0 saturated heterocycles. The summed E-state index contributed by atoms with van der Waals surface area (Å²) in [5.41, 5.74) is 6.60. The number of hydrogen-bond acceptors (Lipinski definition) is 7. The van der Waals surface area contributed by atoms with Crippen molar-refractivity contribution in [3.8, 4) is 16.9 Å². The maximum Gasteiger partial charge on any atom is 0.407 e. The normalized spacial score (nSPS) is 13.6. The van der Waals surface area contributed by atoms with Gasteiger partial charge in [-0.1, -0.05) is 6.07 Å². The van der Waals surface area contributed by atoms with Gasteiger partial charge in [0, 0.05) is 36.0 Å². The minimum Gasteiger partial charge on any atom is -0.329 e. The molecule has 1 atom stereocenters. The highest BCUT2D eigenvalue weighted by molar-refractivity contribution is 7.90. The number of aromatic nitrogens is 6. The summed E-state index contributed by atoms with van der Waals surface area (Å²) in [5, 5.41) is 3.87. The third-order valence-electron chi connectivity index (χ3n) is 4.36. The van der Waals surface area contributed by atoms with Crippen molar-refractivity contribution < 1.29 is 21.6 Å². The van der Waals surface area contributed by atoms with Crippen LogP contribution in [0.1, 0.15) is 11.6 Å². The number of hydrogen-bond donors (Lipinski definition) is 2. The Morgan fingerprint density at radius 2 is 1.90 bits per heavy atom. The summed E-state index contributed by atoms with van der Waals surface area (Å²) in [5.74, 6) is 0.122. The van der Waals surface area contributed by atoms with Crippen LogP contribution in [0.15, 0.2) is 48.1 Å². The number of rotatable bonds is 4. The molecule has 156 valence electrons. The molecular formula is C17H14F3N7O2S. The molecule has 0 aliphatic heterocycles. The van der Waals surface area contributed by atoms with Gasteiger partial charge in [-0.2, -0.15) is 18.3 Å². The van der Waals surface area contributed by atoms with Crippen molar-refractivity contribution in [2.45, 2.75) is 17.2 Å². The third kappa shape index (κ3) is 3.52. The summed E-state index contributed by atoms with van der Waals surface area (Å²) in [4.78, 5) is 15.1. The van der Waals surface area contributed by atoms with E-state index in [-0.39, 0.29) is 22.0 Å². The first-order valence-electron chi connectivity index (χ1n) is 8.42. The fraction of sp³-hybridized carbons (Fsp3) is 0.176. The van der Waals surface area contributed by atoms with Gasteiger partial charge in [0.1, 0.15) is 11.6 Å². The molecule has 0 bridgehead atoms. The summed E-state index contributed by atoms with van der Waals surface area (Å²) in [6.45, 7) is 0. The van der Waals surface area contributed by atoms with Crippen LogP contribution in [0.3, 0.4) is 0 Å². The molecule has 4 heterocycles. The van der Waals surface area contributed by atoms with Crippen molar-refractivity contribution in [1.29, 1.82) is 0 Å². The van der Waals surface area contributed by atoms with Crippen molar-refractivity contribution in [3.05, 3.63) is 48.7 Å². The molecule has 30 heavy (non-hydrogen) atoms. The fourth-order valence-corrected chi connectivity index (χ4v) is 3.70. The monoisotopic (exact) mass is 437 g/mol. The van der Waals surface area contributed by atoms with Gasteiger partial charge in [0.2, 0.25) is 0 Å². The number of nitrogens with zero attached hydrogens (tertiary/aromatic N) is 5. The topological polar surface area (TPSA) is 132 Å². The third-order valence-corrected chi connectivity index (χ3v) is 5.36. The predicted octanol–water partition coefficient (Wildman–Crippen LogP) is 2.17. The first-order valence-corrected chi connectivity index (χ1v) is 10.3. The van der Waals surface area contributed by atoms with Crippen LogP contribution in [0, 0.1) is 0 Å². The second-order valence-electron chi connectivity index (χ2n) is 6.49. The van der Waals surface area contributed by atoms with Gasteiger partial charge < -0.3 is 10.7 Å². The molecule has 0 saturated carbocycles. The lowest BCUT2D eigenvalue weighted by Gasteiger charge is -2.15. The summed E-state index contributed by atoms with van der Waals surface area (Å²) in [6, 6.07) is 1.86. The molecule has 13 heteroatoms. The molecule has 0 amide bonds. The summed E-state index contributed by atoms with van der Waals surface area (Å²) >= 11 is 0. The maximum absolute atomic E-state index is 12.8. The number of halogens is 3. The number of alkyl halides is 3. The van der Waals surface area contributed by atoms with E-state index in [9.17, 15) is 21.6 Å². The van der Waals surface area contributed by atoms with E-state index in [2.05, 4.69) is 25.0 Å². The van der Waals surface area contributed by atoms with Crippen LogP contribution < -0.4 is 5.73 Å². The van der Waals surface area contributed by atoms with Crippen LogP contribution in [0.5, 0.6) is 0 Å². The van der Waals surface area contributed by atoms with E-state index in [0.717, 1.165) is 12.5 Å². The molecule has 4 rings (SSSR count). The maximum atomic E-state index is 12.8. The quantitative estimate of drug-likeness (QED) is 0.500. The predicted molar refractivity (Wildman–Crippen MR) is 100 cm³/mol. The van der Waals surface area contributed by atoms with Crippen LogP contribution in [-0.4, -0.2) is 50.6 Å². The smallest absolute Gasteiger partial charge is 0.329 e. The molecule has 0 aliphatic rings. The average molecular weight is 437 g/mol. The fourth-order valence-electron chi connectivity index (χ4n) is 2.91. The second kappa shape index (κ2) is 6.88. The first-order chi connectivity index (χ1) is 14.1.